The van der Waals surface area contributed by atoms with Gasteiger partial charge in [0.15, 0.2) is 59.7 Å². The third-order valence-electron chi connectivity index (χ3n) is 26.6. The van der Waals surface area contributed by atoms with Crippen LogP contribution in [0.15, 0.2) is 55.2 Å². The highest BCUT2D eigenvalue weighted by molar-refractivity contribution is 5.44. The van der Waals surface area contributed by atoms with Crippen LogP contribution in [0.1, 0.15) is 759 Å². The molecule has 0 radical (unpaired) electrons. The van der Waals surface area contributed by atoms with Crippen molar-refractivity contribution in [2.24, 2.45) is 0 Å². The zero-order valence-corrected chi connectivity index (χ0v) is 106. The lowest BCUT2D eigenvalue weighted by atomic mass is 9.81. The molecular weight excluding hydrogens is 1760 g/mol. The summed E-state index contributed by atoms with van der Waals surface area (Å²) in [5, 5.41) is 24.4. The number of nitrogens with zero attached hydrogens (tertiary/aromatic N) is 17. The van der Waals surface area contributed by atoms with E-state index >= 15 is 0 Å². The van der Waals surface area contributed by atoms with Crippen molar-refractivity contribution in [1.82, 2.24) is 35.5 Å². The molecule has 0 aliphatic carbocycles. The topological polar surface area (TPSA) is 129 Å². The van der Waals surface area contributed by atoms with Crippen LogP contribution >= 0.6 is 0 Å². The van der Waals surface area contributed by atoms with Gasteiger partial charge in [0, 0.05) is 95.1 Å². The molecular formula is C127H233N17+10. The maximum Gasteiger partial charge on any atom is 0.388 e. The minimum absolute atomic E-state index is 0.342. The standard InChI is InChI=1S/C18H30.C17H30N.C16H30N2.2C16H29N2.C15H29N3.C15H28N3.C14H28N4/c2*1-11(2)15-9-17(13(5)6)18(14(7)8)10-16(15)12(3)4;1-11(2)15-9-18(14(7)8)16(12(3)4)10-17(15)13(5)6;1-10(2)14-9-18(13(7)8)16(12(5)6)17-15(14)11(3)4;1-10(2)14-9-15(11(3)4)18(13(7)8)17-16(14)12(5)6;1-10(2)14-9-17(12(5)6)15(11(3)4)16-18(14)13(7)8;1-9(2)13-14(10(3)4)17-18(12(7)8)15(16-13)11(5)6;1-9(2)13-15-18(12(7)8)14(10(3)4)16-17(13)11(5)6/h3*9-14H,1-8H3;3*9-13H,1-8H3;2*9-12H,1-8H3/q;+1;+2;2*+1;+2;+1;+2. The molecule has 0 aliphatic heterocycles. The van der Waals surface area contributed by atoms with Crippen molar-refractivity contribution in [2.45, 2.75) is 634 Å². The van der Waals surface area contributed by atoms with Gasteiger partial charge in [-0.25, -0.2) is 9.13 Å². The first-order chi connectivity index (χ1) is 66.0. The van der Waals surface area contributed by atoms with Crippen molar-refractivity contribution in [1.29, 1.82) is 0 Å². The Morgan fingerprint density at radius 1 is 0.132 bits per heavy atom. The van der Waals surface area contributed by atoms with Gasteiger partial charge in [-0.1, -0.05) is 332 Å². The summed E-state index contributed by atoms with van der Waals surface area (Å²) in [5.74, 6) is 16.9. The van der Waals surface area contributed by atoms with Crippen LogP contribution in [0.2, 0.25) is 0 Å². The fraction of sp³-hybridized carbons (Fsp3) is 0.756. The molecule has 1 aromatic carbocycles. The second-order valence-corrected chi connectivity index (χ2v) is 51.1. The van der Waals surface area contributed by atoms with Gasteiger partial charge in [-0.3, -0.25) is 0 Å². The third kappa shape index (κ3) is 38.9. The fourth-order valence-electron chi connectivity index (χ4n) is 18.2. The first kappa shape index (κ1) is 135. The number of benzene rings is 1. The van der Waals surface area contributed by atoms with E-state index in [-0.39, 0.29) is 0 Å². The van der Waals surface area contributed by atoms with E-state index in [2.05, 4.69) is 545 Å². The Morgan fingerprint density at radius 3 is 0.625 bits per heavy atom. The summed E-state index contributed by atoms with van der Waals surface area (Å²) in [7, 11) is 0. The zero-order chi connectivity index (χ0) is 112. The van der Waals surface area contributed by atoms with Crippen LogP contribution in [0, 0.1) is 0 Å². The third-order valence-corrected chi connectivity index (χ3v) is 26.6. The van der Waals surface area contributed by atoms with Crippen LogP contribution in [0.4, 0.5) is 0 Å². The minimum atomic E-state index is 0.342. The van der Waals surface area contributed by atoms with E-state index in [1.807, 2.05) is 0 Å². The van der Waals surface area contributed by atoms with Gasteiger partial charge in [-0.05, 0) is 225 Å². The predicted molar refractivity (Wildman–Crippen MR) is 612 cm³/mol. The summed E-state index contributed by atoms with van der Waals surface area (Å²) in [6.07, 6.45) is 11.7. The molecule has 0 fully saturated rings. The molecule has 7 heterocycles. The second-order valence-electron chi connectivity index (χ2n) is 51.1. The monoisotopic (exact) mass is 2000 g/mol. The number of hydrogen-bond acceptors (Lipinski definition) is 7. The van der Waals surface area contributed by atoms with E-state index in [1.54, 1.807) is 0 Å². The molecule has 816 valence electrons. The Balaban J connectivity index is 0.000000823. The molecule has 8 rings (SSSR count). The summed E-state index contributed by atoms with van der Waals surface area (Å²) in [6, 6.07) is 14.1. The van der Waals surface area contributed by atoms with Crippen LogP contribution < -0.4 is 46.2 Å². The van der Waals surface area contributed by atoms with E-state index in [9.17, 15) is 0 Å². The van der Waals surface area contributed by atoms with Gasteiger partial charge in [-0.2, -0.15) is 13.7 Å². The van der Waals surface area contributed by atoms with Crippen LogP contribution in [-0.4, -0.2) is 35.5 Å². The number of pyridine rings is 1. The normalized spacial score (nSPS) is 12.2. The quantitative estimate of drug-likeness (QED) is 0.0384. The van der Waals surface area contributed by atoms with Crippen molar-refractivity contribution in [3.8, 4) is 0 Å². The molecule has 0 N–H and O–H groups in total. The molecule has 0 aliphatic rings. The van der Waals surface area contributed by atoms with Gasteiger partial charge in [0.25, 0.3) is 5.69 Å². The predicted octanol–water partition coefficient (Wildman–Crippen LogP) is 32.7. The highest BCUT2D eigenvalue weighted by atomic mass is 15.5. The lowest BCUT2D eigenvalue weighted by molar-refractivity contribution is -0.852. The number of hydrogen-bond donors (Lipinski definition) is 0. The maximum absolute atomic E-state index is 4.98. The van der Waals surface area contributed by atoms with E-state index in [4.69, 9.17) is 35.5 Å². The Hall–Kier alpha value is -7.43. The molecule has 0 amide bonds. The molecule has 8 aromatic rings. The van der Waals surface area contributed by atoms with Crippen LogP contribution in [0.3, 0.4) is 0 Å². The van der Waals surface area contributed by atoms with Crippen LogP contribution in [0.25, 0.3) is 0 Å². The summed E-state index contributed by atoms with van der Waals surface area (Å²) in [4.78, 5) is 9.89. The van der Waals surface area contributed by atoms with Crippen LogP contribution in [-0.2, 0) is 0 Å². The lowest BCUT2D eigenvalue weighted by Crippen LogP contribution is -2.57. The molecule has 144 heavy (non-hydrogen) atoms. The molecule has 0 saturated carbocycles. The van der Waals surface area contributed by atoms with Gasteiger partial charge in [0.1, 0.15) is 39.7 Å². The Bertz CT molecular complexity index is 3590. The van der Waals surface area contributed by atoms with E-state index in [0.29, 0.717) is 191 Å². The first-order valence-electron chi connectivity index (χ1n) is 57.7. The average Bonchev–Trinajstić information content (AvgIpc) is 0.838. The zero-order valence-electron chi connectivity index (χ0n) is 106. The molecule has 17 heteroatoms. The number of aromatic nitrogens is 17. The van der Waals surface area contributed by atoms with Crippen molar-refractivity contribution in [2.75, 3.05) is 0 Å². The Kier molecular flexibility index (Phi) is 57.0. The highest BCUT2D eigenvalue weighted by Gasteiger charge is 2.40. The van der Waals surface area contributed by atoms with Crippen molar-refractivity contribution in [3.63, 3.8) is 0 Å². The fourth-order valence-corrected chi connectivity index (χ4v) is 18.2. The minimum Gasteiger partial charge on any atom is -0.232 e. The van der Waals surface area contributed by atoms with Gasteiger partial charge < -0.3 is 0 Å². The molecule has 17 nitrogen and oxygen atoms in total. The SMILES string of the molecule is CC(C)c1c[n+](C(C)C)c(C(C)C)c[n+]1C(C)C.CC(C)c1c[n+](C(C)C)c(C(C)C)nc1C(C)C.CC(C)c1cc(C(C)C)[n+](C(C)C)cc1C(C)C.CC(C)c1cc(C(C)C)[n+](C(C)C)nc1C(C)C.CC(C)c1cc(C(C)C)c(C(C)C)cc1C(C)C.CC(C)c1n[n+](C(C)C)c(C(C)C)c[n+]1C(C)C.CC(C)c1n[n+](C(C)C)c(C(C)C)n[n+]1C(C)C.CC(C)c1nc(C(C)C)[n+](C(C)C)nc1C(C)C. The highest BCUT2D eigenvalue weighted by Crippen LogP contribution is 2.37. The smallest absolute Gasteiger partial charge is 0.232 e. The molecule has 0 bridgehead atoms. The number of rotatable bonds is 32. The lowest BCUT2D eigenvalue weighted by Gasteiger charge is -2.24. The summed E-state index contributed by atoms with van der Waals surface area (Å²) in [5.41, 5.74) is 23.8. The molecule has 0 saturated heterocycles. The van der Waals surface area contributed by atoms with Gasteiger partial charge in [0.2, 0.25) is 34.6 Å². The van der Waals surface area contributed by atoms with Crippen molar-refractivity contribution < 1.29 is 46.2 Å². The molecule has 7 aromatic heterocycles. The van der Waals surface area contributed by atoms with Crippen molar-refractivity contribution >= 4 is 0 Å². The Morgan fingerprint density at radius 2 is 0.361 bits per heavy atom. The first-order valence-corrected chi connectivity index (χ1v) is 57.7. The van der Waals surface area contributed by atoms with Gasteiger partial charge >= 0.3 is 29.1 Å². The summed E-state index contributed by atoms with van der Waals surface area (Å²) >= 11 is 0. The molecule has 0 spiro atoms. The molecule has 0 atom stereocenters. The van der Waals surface area contributed by atoms with Crippen molar-refractivity contribution in [3.05, 3.63) is 180 Å². The van der Waals surface area contributed by atoms with Gasteiger partial charge in [0.05, 0.1) is 47.9 Å². The largest absolute Gasteiger partial charge is 0.388 e. The summed E-state index contributed by atoms with van der Waals surface area (Å²) in [6.45, 7) is 143. The van der Waals surface area contributed by atoms with Crippen LogP contribution in [0.5, 0.6) is 0 Å². The van der Waals surface area contributed by atoms with E-state index in [1.165, 1.54) is 96.0 Å². The summed E-state index contributed by atoms with van der Waals surface area (Å²) < 4.78 is 22.6. The second kappa shape index (κ2) is 61.0. The molecule has 0 unspecified atom stereocenters. The van der Waals surface area contributed by atoms with E-state index in [0.717, 1.165) is 28.9 Å². The Labute approximate surface area is 890 Å². The van der Waals surface area contributed by atoms with E-state index < -0.39 is 0 Å². The maximum atomic E-state index is 4.98. The van der Waals surface area contributed by atoms with Gasteiger partial charge in [-0.15, -0.1) is 4.68 Å². The average molecular weight is 2000 g/mol.